The Balaban J connectivity index is 2.35. The normalized spacial score (nSPS) is 10.2. The standard InChI is InChI=1S/C10H9N5O3/c11-10(18)12-8(16)5-15-9(17)6-3-1-2-4-7(6)13-14-15/h1-4H,5H2,(H3,11,12,16,18). The molecule has 8 nitrogen and oxygen atoms in total. The van der Waals surface area contributed by atoms with Crippen molar-refractivity contribution < 1.29 is 9.59 Å². The third kappa shape index (κ3) is 2.32. The molecule has 1 aromatic heterocycles. The number of carbonyl (C=O) groups excluding carboxylic acids is 2. The average molecular weight is 247 g/mol. The molecule has 8 heteroatoms. The van der Waals surface area contributed by atoms with Crippen LogP contribution >= 0.6 is 0 Å². The van der Waals surface area contributed by atoms with Crippen LogP contribution in [0.4, 0.5) is 4.79 Å². The summed E-state index contributed by atoms with van der Waals surface area (Å²) in [6.45, 7) is -0.417. The topological polar surface area (TPSA) is 120 Å². The summed E-state index contributed by atoms with van der Waals surface area (Å²) in [4.78, 5) is 33.6. The summed E-state index contributed by atoms with van der Waals surface area (Å²) in [5.41, 5.74) is 4.76. The predicted molar refractivity (Wildman–Crippen MR) is 61.5 cm³/mol. The van der Waals surface area contributed by atoms with E-state index in [9.17, 15) is 14.4 Å². The molecule has 0 fully saturated rings. The van der Waals surface area contributed by atoms with Crippen molar-refractivity contribution in [3.05, 3.63) is 34.6 Å². The van der Waals surface area contributed by atoms with E-state index in [-0.39, 0.29) is 0 Å². The molecule has 0 aliphatic heterocycles. The number of nitrogens with two attached hydrogens (primary N) is 1. The number of fused-ring (bicyclic) bond motifs is 1. The smallest absolute Gasteiger partial charge is 0.318 e. The Morgan fingerprint density at radius 1 is 1.33 bits per heavy atom. The molecule has 0 spiro atoms. The fraction of sp³-hybridized carbons (Fsp3) is 0.100. The van der Waals surface area contributed by atoms with E-state index in [1.807, 2.05) is 5.32 Å². The minimum atomic E-state index is -0.984. The van der Waals surface area contributed by atoms with Crippen molar-refractivity contribution in [2.24, 2.45) is 5.73 Å². The molecule has 3 N–H and O–H groups in total. The Morgan fingerprint density at radius 3 is 2.78 bits per heavy atom. The Morgan fingerprint density at radius 2 is 2.06 bits per heavy atom. The molecule has 18 heavy (non-hydrogen) atoms. The third-order valence-corrected chi connectivity index (χ3v) is 2.19. The van der Waals surface area contributed by atoms with Crippen LogP contribution < -0.4 is 16.6 Å². The maximum absolute atomic E-state index is 11.9. The van der Waals surface area contributed by atoms with Crippen molar-refractivity contribution in [1.29, 1.82) is 0 Å². The number of hydrogen-bond donors (Lipinski definition) is 2. The van der Waals surface area contributed by atoms with Gasteiger partial charge in [-0.05, 0) is 12.1 Å². The Bertz CT molecular complexity index is 679. The molecule has 1 heterocycles. The second kappa shape index (κ2) is 4.62. The van der Waals surface area contributed by atoms with Crippen LogP contribution in [-0.4, -0.2) is 26.9 Å². The van der Waals surface area contributed by atoms with Crippen LogP contribution in [0.15, 0.2) is 29.1 Å². The highest BCUT2D eigenvalue weighted by Crippen LogP contribution is 2.02. The van der Waals surface area contributed by atoms with Gasteiger partial charge in [0.15, 0.2) is 0 Å². The van der Waals surface area contributed by atoms with Gasteiger partial charge in [-0.3, -0.25) is 14.9 Å². The molecule has 2 aromatic rings. The van der Waals surface area contributed by atoms with E-state index in [4.69, 9.17) is 5.73 Å². The Kier molecular flexibility index (Phi) is 3.00. The lowest BCUT2D eigenvalue weighted by atomic mass is 10.2. The van der Waals surface area contributed by atoms with Gasteiger partial charge >= 0.3 is 6.03 Å². The lowest BCUT2D eigenvalue weighted by molar-refractivity contribution is -0.120. The number of carbonyl (C=O) groups is 2. The maximum atomic E-state index is 11.9. The van der Waals surface area contributed by atoms with Gasteiger partial charge in [-0.2, -0.15) is 0 Å². The van der Waals surface area contributed by atoms with Crippen molar-refractivity contribution >= 4 is 22.8 Å². The van der Waals surface area contributed by atoms with Gasteiger partial charge in [0.25, 0.3) is 5.56 Å². The molecule has 0 bridgehead atoms. The zero-order chi connectivity index (χ0) is 13.1. The summed E-state index contributed by atoms with van der Waals surface area (Å²) in [5.74, 6) is -0.728. The number of benzene rings is 1. The number of urea groups is 1. The second-order valence-electron chi connectivity index (χ2n) is 3.48. The van der Waals surface area contributed by atoms with Crippen molar-refractivity contribution in [2.75, 3.05) is 0 Å². The van der Waals surface area contributed by atoms with Crippen molar-refractivity contribution in [3.63, 3.8) is 0 Å². The molecule has 3 amide bonds. The van der Waals surface area contributed by atoms with E-state index in [0.717, 1.165) is 4.68 Å². The van der Waals surface area contributed by atoms with Gasteiger partial charge in [0.1, 0.15) is 12.1 Å². The number of imide groups is 1. The van der Waals surface area contributed by atoms with E-state index in [1.165, 1.54) is 0 Å². The van der Waals surface area contributed by atoms with Gasteiger partial charge < -0.3 is 5.73 Å². The summed E-state index contributed by atoms with van der Waals surface area (Å²) < 4.78 is 0.862. The molecule has 92 valence electrons. The van der Waals surface area contributed by atoms with E-state index in [2.05, 4.69) is 10.3 Å². The minimum Gasteiger partial charge on any atom is -0.351 e. The first kappa shape index (κ1) is 11.7. The number of rotatable bonds is 2. The number of aromatic nitrogens is 3. The van der Waals surface area contributed by atoms with Crippen molar-refractivity contribution in [1.82, 2.24) is 20.3 Å². The van der Waals surface area contributed by atoms with Crippen LogP contribution in [0.3, 0.4) is 0 Å². The first-order valence-electron chi connectivity index (χ1n) is 5.00. The second-order valence-corrected chi connectivity index (χ2v) is 3.48. The molecule has 0 saturated carbocycles. The lowest BCUT2D eigenvalue weighted by Gasteiger charge is -2.03. The van der Waals surface area contributed by atoms with Gasteiger partial charge in [0.2, 0.25) is 5.91 Å². The van der Waals surface area contributed by atoms with Crippen molar-refractivity contribution in [2.45, 2.75) is 6.54 Å². The fourth-order valence-electron chi connectivity index (χ4n) is 1.44. The van der Waals surface area contributed by atoms with Crippen LogP contribution in [0.5, 0.6) is 0 Å². The summed E-state index contributed by atoms with van der Waals surface area (Å²) in [6.07, 6.45) is 0. The van der Waals surface area contributed by atoms with Crippen LogP contribution in [-0.2, 0) is 11.3 Å². The van der Waals surface area contributed by atoms with Crippen LogP contribution in [0, 0.1) is 0 Å². The number of primary amides is 1. The lowest BCUT2D eigenvalue weighted by Crippen LogP contribution is -2.39. The molecule has 0 atom stereocenters. The number of hydrogen-bond acceptors (Lipinski definition) is 5. The van der Waals surface area contributed by atoms with Crippen molar-refractivity contribution in [3.8, 4) is 0 Å². The molecule has 2 rings (SSSR count). The summed E-state index contributed by atoms with van der Waals surface area (Å²) >= 11 is 0. The van der Waals surface area contributed by atoms with Crippen LogP contribution in [0.25, 0.3) is 10.9 Å². The SMILES string of the molecule is NC(=O)NC(=O)Cn1nnc2ccccc2c1=O. The molecule has 0 radical (unpaired) electrons. The van der Waals surface area contributed by atoms with E-state index in [0.29, 0.717) is 10.9 Å². The highest BCUT2D eigenvalue weighted by atomic mass is 16.2. The average Bonchev–Trinajstić information content (AvgIpc) is 2.32. The first-order valence-corrected chi connectivity index (χ1v) is 5.00. The molecule has 0 aliphatic rings. The molecular formula is C10H9N5O3. The molecule has 0 saturated heterocycles. The first-order chi connectivity index (χ1) is 8.58. The van der Waals surface area contributed by atoms with Crippen LogP contribution in [0.2, 0.25) is 0 Å². The van der Waals surface area contributed by atoms with Gasteiger partial charge in [0.05, 0.1) is 5.39 Å². The molecule has 0 aliphatic carbocycles. The Labute approximate surface area is 100 Å². The van der Waals surface area contributed by atoms with Crippen LogP contribution in [0.1, 0.15) is 0 Å². The molecular weight excluding hydrogens is 238 g/mol. The predicted octanol–water partition coefficient (Wildman–Crippen LogP) is -1.01. The third-order valence-electron chi connectivity index (χ3n) is 2.19. The van der Waals surface area contributed by atoms with Gasteiger partial charge in [0, 0.05) is 0 Å². The largest absolute Gasteiger partial charge is 0.351 e. The number of nitrogens with one attached hydrogen (secondary N) is 1. The monoisotopic (exact) mass is 247 g/mol. The summed E-state index contributed by atoms with van der Waals surface area (Å²) in [6, 6.07) is 5.63. The highest BCUT2D eigenvalue weighted by molar-refractivity contribution is 5.93. The van der Waals surface area contributed by atoms with E-state index >= 15 is 0 Å². The number of nitrogens with zero attached hydrogens (tertiary/aromatic N) is 3. The summed E-state index contributed by atoms with van der Waals surface area (Å²) in [5, 5.41) is 9.57. The quantitative estimate of drug-likeness (QED) is 0.704. The maximum Gasteiger partial charge on any atom is 0.318 e. The molecule has 1 aromatic carbocycles. The van der Waals surface area contributed by atoms with E-state index in [1.54, 1.807) is 24.3 Å². The zero-order valence-corrected chi connectivity index (χ0v) is 9.16. The summed E-state index contributed by atoms with van der Waals surface area (Å²) in [7, 11) is 0. The van der Waals surface area contributed by atoms with Gasteiger partial charge in [-0.15, -0.1) is 5.10 Å². The minimum absolute atomic E-state index is 0.347. The van der Waals surface area contributed by atoms with E-state index < -0.39 is 24.0 Å². The van der Waals surface area contributed by atoms with Gasteiger partial charge in [-0.25, -0.2) is 9.48 Å². The molecule has 0 unspecified atom stereocenters. The Hall–Kier alpha value is -2.77. The van der Waals surface area contributed by atoms with Gasteiger partial charge in [-0.1, -0.05) is 17.3 Å². The zero-order valence-electron chi connectivity index (χ0n) is 9.16. The highest BCUT2D eigenvalue weighted by Gasteiger charge is 2.10. The number of amides is 3. The fourth-order valence-corrected chi connectivity index (χ4v) is 1.44.